The van der Waals surface area contributed by atoms with Crippen LogP contribution in [0.25, 0.3) is 0 Å². The number of rotatable bonds is 5. The molecular formula is C9H12O4. The fourth-order valence-electron chi connectivity index (χ4n) is 0.791. The van der Waals surface area contributed by atoms with Crippen molar-refractivity contribution in [2.75, 3.05) is 0 Å². The van der Waals surface area contributed by atoms with Gasteiger partial charge in [-0.25, -0.2) is 0 Å². The van der Waals surface area contributed by atoms with E-state index in [2.05, 4.69) is 11.3 Å². The first-order valence-corrected chi connectivity index (χ1v) is 3.77. The molecule has 0 aliphatic rings. The summed E-state index contributed by atoms with van der Waals surface area (Å²) >= 11 is 0. The van der Waals surface area contributed by atoms with Gasteiger partial charge >= 0.3 is 11.9 Å². The molecule has 13 heavy (non-hydrogen) atoms. The predicted molar refractivity (Wildman–Crippen MR) is 46.8 cm³/mol. The van der Waals surface area contributed by atoms with Crippen LogP contribution in [0.5, 0.6) is 0 Å². The molecule has 1 atom stereocenters. The molecule has 0 heterocycles. The van der Waals surface area contributed by atoms with Crippen molar-refractivity contribution in [3.63, 3.8) is 0 Å². The minimum absolute atomic E-state index is 0.175. The Morgan fingerprint density at radius 3 is 2.62 bits per heavy atom. The zero-order chi connectivity index (χ0) is 10.3. The third kappa shape index (κ3) is 4.79. The Labute approximate surface area is 76.5 Å². The van der Waals surface area contributed by atoms with Crippen molar-refractivity contribution >= 4 is 11.9 Å². The zero-order valence-corrected chi connectivity index (χ0v) is 7.40. The number of aliphatic carboxylic acids is 1. The van der Waals surface area contributed by atoms with Crippen molar-refractivity contribution in [2.45, 2.75) is 13.3 Å². The van der Waals surface area contributed by atoms with Gasteiger partial charge in [0.15, 0.2) is 0 Å². The number of carboxylic acid groups (broad SMARTS) is 1. The number of allylic oxidation sites excluding steroid dienone is 1. The molecule has 1 unspecified atom stereocenters. The Kier molecular flexibility index (Phi) is 5.27. The third-order valence-corrected chi connectivity index (χ3v) is 1.34. The van der Waals surface area contributed by atoms with E-state index in [-0.39, 0.29) is 6.42 Å². The van der Waals surface area contributed by atoms with Gasteiger partial charge in [0.05, 0.1) is 18.6 Å². The average Bonchev–Trinajstić information content (AvgIpc) is 2.04. The summed E-state index contributed by atoms with van der Waals surface area (Å²) in [6.45, 7) is 4.88. The van der Waals surface area contributed by atoms with E-state index in [0.717, 1.165) is 6.26 Å². The molecule has 1 N–H and O–H groups in total. The Morgan fingerprint density at radius 1 is 1.62 bits per heavy atom. The number of hydrogen-bond donors (Lipinski definition) is 1. The molecule has 0 bridgehead atoms. The molecule has 0 radical (unpaired) electrons. The number of carboxylic acids is 1. The number of esters is 1. The topological polar surface area (TPSA) is 63.6 Å². The summed E-state index contributed by atoms with van der Waals surface area (Å²) in [5.74, 6) is -2.46. The van der Waals surface area contributed by atoms with Crippen LogP contribution in [0, 0.1) is 5.92 Å². The fraction of sp³-hybridized carbons (Fsp3) is 0.333. The van der Waals surface area contributed by atoms with Gasteiger partial charge in [0.25, 0.3) is 0 Å². The predicted octanol–water partition coefficient (Wildman–Crippen LogP) is 1.34. The van der Waals surface area contributed by atoms with Gasteiger partial charge in [0, 0.05) is 0 Å². The van der Waals surface area contributed by atoms with E-state index >= 15 is 0 Å². The molecule has 0 spiro atoms. The summed E-state index contributed by atoms with van der Waals surface area (Å²) < 4.78 is 4.40. The Morgan fingerprint density at radius 2 is 2.23 bits per heavy atom. The molecule has 0 amide bonds. The minimum atomic E-state index is -1.04. The highest BCUT2D eigenvalue weighted by atomic mass is 16.5. The molecule has 72 valence electrons. The van der Waals surface area contributed by atoms with E-state index in [9.17, 15) is 9.59 Å². The maximum atomic E-state index is 10.8. The van der Waals surface area contributed by atoms with Crippen LogP contribution in [0.15, 0.2) is 25.0 Å². The van der Waals surface area contributed by atoms with Crippen LogP contribution in [0.1, 0.15) is 13.3 Å². The second-order valence-electron chi connectivity index (χ2n) is 2.33. The lowest BCUT2D eigenvalue weighted by atomic mass is 10.1. The highest BCUT2D eigenvalue weighted by molar-refractivity contribution is 5.80. The molecule has 0 aromatic carbocycles. The van der Waals surface area contributed by atoms with E-state index in [0.29, 0.717) is 0 Å². The Balaban J connectivity index is 4.17. The van der Waals surface area contributed by atoms with Gasteiger partial charge in [0.2, 0.25) is 0 Å². The second kappa shape index (κ2) is 5.99. The molecule has 0 aromatic rings. The maximum Gasteiger partial charge on any atom is 0.311 e. The first kappa shape index (κ1) is 11.4. The smallest absolute Gasteiger partial charge is 0.311 e. The molecule has 0 saturated carbocycles. The number of ether oxygens (including phenoxy) is 1. The van der Waals surface area contributed by atoms with E-state index in [1.807, 2.05) is 0 Å². The quantitative estimate of drug-likeness (QED) is 0.398. The van der Waals surface area contributed by atoms with E-state index < -0.39 is 17.9 Å². The van der Waals surface area contributed by atoms with Crippen molar-refractivity contribution in [1.29, 1.82) is 0 Å². The lowest BCUT2D eigenvalue weighted by Gasteiger charge is -2.04. The second-order valence-corrected chi connectivity index (χ2v) is 2.33. The summed E-state index contributed by atoms with van der Waals surface area (Å²) in [5, 5.41) is 8.64. The third-order valence-electron chi connectivity index (χ3n) is 1.34. The number of carbonyl (C=O) groups is 2. The standard InChI is InChI=1S/C9H12O4/c1-3-5-7(9(11)12)6-8(10)13-4-2/h3-5,7H,2,6H2,1H3,(H,11,12). The molecule has 4 nitrogen and oxygen atoms in total. The number of hydrogen-bond acceptors (Lipinski definition) is 3. The van der Waals surface area contributed by atoms with Crippen LogP contribution >= 0.6 is 0 Å². The molecule has 0 aliphatic heterocycles. The van der Waals surface area contributed by atoms with Gasteiger partial charge in [-0.2, -0.15) is 0 Å². The highest BCUT2D eigenvalue weighted by Crippen LogP contribution is 2.06. The van der Waals surface area contributed by atoms with Crippen LogP contribution in [0.3, 0.4) is 0 Å². The summed E-state index contributed by atoms with van der Waals surface area (Å²) in [5.41, 5.74) is 0. The van der Waals surface area contributed by atoms with Gasteiger partial charge in [-0.1, -0.05) is 18.7 Å². The van der Waals surface area contributed by atoms with Gasteiger partial charge in [-0.05, 0) is 6.92 Å². The van der Waals surface area contributed by atoms with E-state index in [1.54, 1.807) is 13.0 Å². The van der Waals surface area contributed by atoms with Crippen LogP contribution in [0.2, 0.25) is 0 Å². The first-order valence-electron chi connectivity index (χ1n) is 3.77. The molecule has 4 heteroatoms. The van der Waals surface area contributed by atoms with Crippen LogP contribution in [0.4, 0.5) is 0 Å². The summed E-state index contributed by atoms with van der Waals surface area (Å²) in [7, 11) is 0. The van der Waals surface area contributed by atoms with E-state index in [1.165, 1.54) is 6.08 Å². The lowest BCUT2D eigenvalue weighted by molar-refractivity contribution is -0.146. The highest BCUT2D eigenvalue weighted by Gasteiger charge is 2.18. The summed E-state index contributed by atoms with van der Waals surface area (Å²) in [6.07, 6.45) is 3.83. The van der Waals surface area contributed by atoms with Crippen molar-refractivity contribution in [1.82, 2.24) is 0 Å². The molecular weight excluding hydrogens is 172 g/mol. The van der Waals surface area contributed by atoms with Crippen molar-refractivity contribution < 1.29 is 19.4 Å². The molecule has 0 rings (SSSR count). The average molecular weight is 184 g/mol. The van der Waals surface area contributed by atoms with Gasteiger partial charge in [-0.3, -0.25) is 9.59 Å². The zero-order valence-electron chi connectivity index (χ0n) is 7.40. The van der Waals surface area contributed by atoms with Crippen LogP contribution < -0.4 is 0 Å². The van der Waals surface area contributed by atoms with E-state index in [4.69, 9.17) is 5.11 Å². The van der Waals surface area contributed by atoms with Crippen LogP contribution in [-0.2, 0) is 14.3 Å². The monoisotopic (exact) mass is 184 g/mol. The Bertz CT molecular complexity index is 230. The normalized spacial score (nSPS) is 12.4. The van der Waals surface area contributed by atoms with Crippen molar-refractivity contribution in [3.05, 3.63) is 25.0 Å². The summed E-state index contributed by atoms with van der Waals surface area (Å²) in [6, 6.07) is 0. The molecule has 0 aliphatic carbocycles. The lowest BCUT2D eigenvalue weighted by Crippen LogP contribution is -2.16. The summed E-state index contributed by atoms with van der Waals surface area (Å²) in [4.78, 5) is 21.4. The van der Waals surface area contributed by atoms with Gasteiger partial charge in [0.1, 0.15) is 0 Å². The number of carbonyl (C=O) groups excluding carboxylic acids is 1. The molecule has 0 saturated heterocycles. The van der Waals surface area contributed by atoms with Crippen molar-refractivity contribution in [2.24, 2.45) is 5.92 Å². The van der Waals surface area contributed by atoms with Crippen LogP contribution in [-0.4, -0.2) is 17.0 Å². The van der Waals surface area contributed by atoms with Gasteiger partial charge < -0.3 is 9.84 Å². The molecule has 0 fully saturated rings. The molecule has 0 aromatic heterocycles. The fourth-order valence-corrected chi connectivity index (χ4v) is 0.791. The van der Waals surface area contributed by atoms with Gasteiger partial charge in [-0.15, -0.1) is 0 Å². The largest absolute Gasteiger partial charge is 0.481 e. The first-order chi connectivity index (χ1) is 6.11. The Hall–Kier alpha value is -1.58. The maximum absolute atomic E-state index is 10.8. The SMILES string of the molecule is C=COC(=O)CC(C=CC)C(=O)O. The minimum Gasteiger partial charge on any atom is -0.481 e. The van der Waals surface area contributed by atoms with Crippen molar-refractivity contribution in [3.8, 4) is 0 Å².